The van der Waals surface area contributed by atoms with Gasteiger partial charge in [0, 0.05) is 25.3 Å². The van der Waals surface area contributed by atoms with Crippen LogP contribution in [0.3, 0.4) is 0 Å². The normalized spacial score (nSPS) is 19.0. The summed E-state index contributed by atoms with van der Waals surface area (Å²) in [4.78, 5) is 14.5. The third-order valence-electron chi connectivity index (χ3n) is 4.13. The third-order valence-corrected chi connectivity index (χ3v) is 5.18. The highest BCUT2D eigenvalue weighted by Gasteiger charge is 2.27. The molecule has 23 heavy (non-hydrogen) atoms. The van der Waals surface area contributed by atoms with E-state index in [2.05, 4.69) is 0 Å². The van der Waals surface area contributed by atoms with Crippen molar-refractivity contribution < 1.29 is 17.9 Å². The molecule has 1 fully saturated rings. The van der Waals surface area contributed by atoms with Crippen molar-refractivity contribution in [1.29, 1.82) is 0 Å². The highest BCUT2D eigenvalue weighted by molar-refractivity contribution is 7.89. The molecule has 1 saturated heterocycles. The molecule has 0 spiro atoms. The Bertz CT molecular complexity index is 698. The minimum atomic E-state index is -3.85. The van der Waals surface area contributed by atoms with Gasteiger partial charge in [-0.05, 0) is 50.8 Å². The molecule has 1 aliphatic rings. The maximum atomic E-state index is 12.8. The highest BCUT2D eigenvalue weighted by Crippen LogP contribution is 2.23. The van der Waals surface area contributed by atoms with Gasteiger partial charge in [0.15, 0.2) is 0 Å². The second-order valence-corrected chi connectivity index (χ2v) is 7.48. The number of sulfonamides is 1. The van der Waals surface area contributed by atoms with Crippen LogP contribution in [0.1, 0.15) is 41.3 Å². The van der Waals surface area contributed by atoms with Crippen LogP contribution in [0, 0.1) is 13.8 Å². The molecule has 0 aromatic heterocycles. The molecule has 0 radical (unpaired) electrons. The van der Waals surface area contributed by atoms with E-state index in [0.29, 0.717) is 30.8 Å². The molecule has 0 saturated carbocycles. The quantitative estimate of drug-likeness (QED) is 0.901. The number of likely N-dealkylation sites (tertiary alicyclic amines) is 1. The van der Waals surface area contributed by atoms with Crippen LogP contribution in [-0.4, -0.2) is 45.0 Å². The Morgan fingerprint density at radius 3 is 2.65 bits per heavy atom. The Balaban J connectivity index is 2.32. The molecule has 2 N–H and O–H groups in total. The van der Waals surface area contributed by atoms with Gasteiger partial charge >= 0.3 is 0 Å². The molecule has 1 aliphatic heterocycles. The fourth-order valence-electron chi connectivity index (χ4n) is 3.03. The second-order valence-electron chi connectivity index (χ2n) is 5.95. The fraction of sp³-hybridized carbons (Fsp3) is 0.562. The lowest BCUT2D eigenvalue weighted by Crippen LogP contribution is -2.43. The SMILES string of the molecule is CCO[C@H]1CCCN(C(=O)c2cc(S(N)(=O)=O)c(C)cc2C)C1. The van der Waals surface area contributed by atoms with Crippen LogP contribution >= 0.6 is 0 Å². The van der Waals surface area contributed by atoms with Crippen molar-refractivity contribution in [2.45, 2.75) is 44.6 Å². The molecule has 0 aliphatic carbocycles. The van der Waals surface area contributed by atoms with E-state index in [1.165, 1.54) is 6.07 Å². The first-order chi connectivity index (χ1) is 10.7. The first-order valence-electron chi connectivity index (χ1n) is 7.79. The summed E-state index contributed by atoms with van der Waals surface area (Å²) < 4.78 is 29.0. The molecule has 1 aromatic carbocycles. The summed E-state index contributed by atoms with van der Waals surface area (Å²) in [7, 11) is -3.85. The van der Waals surface area contributed by atoms with Crippen LogP contribution in [0.15, 0.2) is 17.0 Å². The predicted molar refractivity (Wildman–Crippen MR) is 87.8 cm³/mol. The van der Waals surface area contributed by atoms with E-state index >= 15 is 0 Å². The lowest BCUT2D eigenvalue weighted by Gasteiger charge is -2.33. The van der Waals surface area contributed by atoms with Gasteiger partial charge < -0.3 is 9.64 Å². The molecule has 0 unspecified atom stereocenters. The molecule has 1 atom stereocenters. The zero-order valence-corrected chi connectivity index (χ0v) is 14.6. The number of aryl methyl sites for hydroxylation is 2. The number of amides is 1. The lowest BCUT2D eigenvalue weighted by molar-refractivity contribution is 0.00720. The molecule has 1 amide bonds. The Hall–Kier alpha value is -1.44. The van der Waals surface area contributed by atoms with Crippen molar-refractivity contribution in [3.05, 3.63) is 28.8 Å². The minimum absolute atomic E-state index is 0.00446. The van der Waals surface area contributed by atoms with Crippen molar-refractivity contribution in [1.82, 2.24) is 4.90 Å². The van der Waals surface area contributed by atoms with Gasteiger partial charge in [-0.2, -0.15) is 0 Å². The molecular formula is C16H24N2O4S. The van der Waals surface area contributed by atoms with Crippen molar-refractivity contribution in [2.75, 3.05) is 19.7 Å². The summed E-state index contributed by atoms with van der Waals surface area (Å²) in [6, 6.07) is 3.09. The topological polar surface area (TPSA) is 89.7 Å². The average Bonchev–Trinajstić information content (AvgIpc) is 2.46. The first kappa shape index (κ1) is 17.9. The Morgan fingerprint density at radius 1 is 1.35 bits per heavy atom. The van der Waals surface area contributed by atoms with Gasteiger partial charge in [0.1, 0.15) is 0 Å². The molecule has 1 aromatic rings. The van der Waals surface area contributed by atoms with Crippen LogP contribution in [-0.2, 0) is 14.8 Å². The number of benzene rings is 1. The van der Waals surface area contributed by atoms with Crippen molar-refractivity contribution in [3.8, 4) is 0 Å². The number of piperidine rings is 1. The molecular weight excluding hydrogens is 316 g/mol. The van der Waals surface area contributed by atoms with Crippen LogP contribution in [0.4, 0.5) is 0 Å². The predicted octanol–water partition coefficient (Wildman–Crippen LogP) is 1.59. The van der Waals surface area contributed by atoms with Crippen LogP contribution in [0.5, 0.6) is 0 Å². The first-order valence-corrected chi connectivity index (χ1v) is 9.33. The number of ether oxygens (including phenoxy) is 1. The summed E-state index contributed by atoms with van der Waals surface area (Å²) in [5.74, 6) is -0.170. The Morgan fingerprint density at radius 2 is 2.04 bits per heavy atom. The summed E-state index contributed by atoms with van der Waals surface area (Å²) in [5.41, 5.74) is 1.68. The zero-order valence-electron chi connectivity index (χ0n) is 13.8. The number of nitrogens with zero attached hydrogens (tertiary/aromatic N) is 1. The van der Waals surface area contributed by atoms with E-state index in [-0.39, 0.29) is 16.9 Å². The third kappa shape index (κ3) is 4.10. The standard InChI is InChI=1S/C16H24N2O4S/c1-4-22-13-6-5-7-18(10-13)16(19)14-9-15(23(17,20)21)12(3)8-11(14)2/h8-9,13H,4-7,10H2,1-3H3,(H2,17,20,21)/t13-/m0/s1. The highest BCUT2D eigenvalue weighted by atomic mass is 32.2. The van der Waals surface area contributed by atoms with Gasteiger partial charge in [0.05, 0.1) is 11.0 Å². The Labute approximate surface area is 137 Å². The van der Waals surface area contributed by atoms with E-state index in [9.17, 15) is 13.2 Å². The molecule has 6 nitrogen and oxygen atoms in total. The number of nitrogens with two attached hydrogens (primary N) is 1. The van der Waals surface area contributed by atoms with E-state index in [1.54, 1.807) is 24.8 Å². The maximum absolute atomic E-state index is 12.8. The van der Waals surface area contributed by atoms with Gasteiger partial charge in [0.25, 0.3) is 5.91 Å². The second kappa shape index (κ2) is 6.98. The lowest BCUT2D eigenvalue weighted by atomic mass is 10.0. The number of hydrogen-bond acceptors (Lipinski definition) is 4. The van der Waals surface area contributed by atoms with E-state index in [1.807, 2.05) is 6.92 Å². The molecule has 0 bridgehead atoms. The number of primary sulfonamides is 1. The minimum Gasteiger partial charge on any atom is -0.377 e. The number of hydrogen-bond donors (Lipinski definition) is 1. The molecule has 128 valence electrons. The number of rotatable bonds is 4. The largest absolute Gasteiger partial charge is 0.377 e. The average molecular weight is 340 g/mol. The van der Waals surface area contributed by atoms with Gasteiger partial charge in [-0.25, -0.2) is 13.6 Å². The summed E-state index contributed by atoms with van der Waals surface area (Å²) in [6.07, 6.45) is 1.86. The van der Waals surface area contributed by atoms with Crippen molar-refractivity contribution >= 4 is 15.9 Å². The van der Waals surface area contributed by atoms with E-state index < -0.39 is 10.0 Å². The van der Waals surface area contributed by atoms with Gasteiger partial charge in [0.2, 0.25) is 10.0 Å². The number of carbonyl (C=O) groups is 1. The fourth-order valence-corrected chi connectivity index (χ4v) is 3.82. The van der Waals surface area contributed by atoms with Crippen molar-refractivity contribution in [2.24, 2.45) is 5.14 Å². The smallest absolute Gasteiger partial charge is 0.254 e. The molecule has 7 heteroatoms. The van der Waals surface area contributed by atoms with Crippen LogP contribution in [0.2, 0.25) is 0 Å². The summed E-state index contributed by atoms with van der Waals surface area (Å²) >= 11 is 0. The summed E-state index contributed by atoms with van der Waals surface area (Å²) in [6.45, 7) is 7.21. The van der Waals surface area contributed by atoms with Gasteiger partial charge in [-0.15, -0.1) is 0 Å². The van der Waals surface area contributed by atoms with Gasteiger partial charge in [-0.1, -0.05) is 6.07 Å². The van der Waals surface area contributed by atoms with Gasteiger partial charge in [-0.3, -0.25) is 4.79 Å². The van der Waals surface area contributed by atoms with Crippen molar-refractivity contribution in [3.63, 3.8) is 0 Å². The monoisotopic (exact) mass is 340 g/mol. The Kier molecular flexibility index (Phi) is 5.44. The number of carbonyl (C=O) groups excluding carboxylic acids is 1. The molecule has 2 rings (SSSR count). The maximum Gasteiger partial charge on any atom is 0.254 e. The van der Waals surface area contributed by atoms with Crippen LogP contribution < -0.4 is 5.14 Å². The van der Waals surface area contributed by atoms with Crippen LogP contribution in [0.25, 0.3) is 0 Å². The summed E-state index contributed by atoms with van der Waals surface area (Å²) in [5, 5.41) is 5.24. The zero-order chi connectivity index (χ0) is 17.2. The van der Waals surface area contributed by atoms with E-state index in [0.717, 1.165) is 18.4 Å². The van der Waals surface area contributed by atoms with E-state index in [4.69, 9.17) is 9.88 Å². The molecule has 1 heterocycles.